The molecule has 2 atom stereocenters. The highest BCUT2D eigenvalue weighted by atomic mass is 32.2. The first-order valence-corrected chi connectivity index (χ1v) is 12.2. The summed E-state index contributed by atoms with van der Waals surface area (Å²) in [7, 11) is 0. The molecule has 7 heteroatoms. The summed E-state index contributed by atoms with van der Waals surface area (Å²) in [6, 6.07) is 13.9. The summed E-state index contributed by atoms with van der Waals surface area (Å²) in [6.07, 6.45) is 6.42. The number of piperidine rings is 1. The van der Waals surface area contributed by atoms with E-state index in [4.69, 9.17) is 0 Å². The van der Waals surface area contributed by atoms with Gasteiger partial charge < -0.3 is 5.32 Å². The molecule has 0 spiro atoms. The Labute approximate surface area is 178 Å². The van der Waals surface area contributed by atoms with Crippen LogP contribution in [-0.2, 0) is 6.54 Å². The second-order valence-electron chi connectivity index (χ2n) is 7.88. The van der Waals surface area contributed by atoms with Gasteiger partial charge in [0.05, 0.1) is 0 Å². The van der Waals surface area contributed by atoms with Crippen LogP contribution in [0.1, 0.15) is 41.7 Å². The fraction of sp³-hybridized carbons (Fsp3) is 0.409. The van der Waals surface area contributed by atoms with Gasteiger partial charge >= 0.3 is 0 Å². The molecule has 2 fully saturated rings. The Bertz CT molecular complexity index is 1010. The Kier molecular flexibility index (Phi) is 5.28. The molecule has 2 aliphatic rings. The summed E-state index contributed by atoms with van der Waals surface area (Å²) < 4.78 is 0. The number of carbonyl (C=O) groups excluding carboxylic acids is 1. The Morgan fingerprint density at radius 2 is 1.93 bits per heavy atom. The Balaban J connectivity index is 1.28. The van der Waals surface area contributed by atoms with Crippen molar-refractivity contribution in [3.05, 3.63) is 53.0 Å². The highest BCUT2D eigenvalue weighted by molar-refractivity contribution is 7.98. The third kappa shape index (κ3) is 3.79. The van der Waals surface area contributed by atoms with Crippen LogP contribution in [0, 0.1) is 0 Å². The highest BCUT2D eigenvalue weighted by Crippen LogP contribution is 2.37. The van der Waals surface area contributed by atoms with E-state index in [0.717, 1.165) is 29.7 Å². The highest BCUT2D eigenvalue weighted by Gasteiger charge is 2.41. The van der Waals surface area contributed by atoms with E-state index >= 15 is 0 Å². The number of aromatic nitrogens is 2. The number of thiophene rings is 1. The molecule has 1 N–H and O–H groups in total. The molecule has 1 amide bonds. The second-order valence-corrected chi connectivity index (χ2v) is 9.57. The maximum absolute atomic E-state index is 13.0. The lowest BCUT2D eigenvalue weighted by atomic mass is 9.96. The lowest BCUT2D eigenvalue weighted by molar-refractivity contribution is 0.0820. The number of amides is 1. The first-order valence-electron chi connectivity index (χ1n) is 10.1. The summed E-state index contributed by atoms with van der Waals surface area (Å²) in [6.45, 7) is 1.01. The first-order chi connectivity index (χ1) is 14.2. The number of nitrogens with one attached hydrogen (secondary N) is 1. The van der Waals surface area contributed by atoms with Crippen molar-refractivity contribution in [1.29, 1.82) is 0 Å². The molecule has 0 aliphatic carbocycles. The zero-order valence-corrected chi connectivity index (χ0v) is 18.0. The van der Waals surface area contributed by atoms with Crippen molar-refractivity contribution in [3.63, 3.8) is 0 Å². The quantitative estimate of drug-likeness (QED) is 0.618. The minimum absolute atomic E-state index is 0.0872. The maximum atomic E-state index is 13.0. The minimum Gasteiger partial charge on any atom is -0.348 e. The van der Waals surface area contributed by atoms with Crippen LogP contribution < -0.4 is 5.32 Å². The molecular formula is C22H24N4OS2. The Hall–Kier alpha value is -1.96. The number of rotatable bonds is 5. The zero-order chi connectivity index (χ0) is 19.8. The molecule has 1 aromatic carbocycles. The summed E-state index contributed by atoms with van der Waals surface area (Å²) in [5.74, 6) is -0.0872. The molecule has 3 aromatic rings. The van der Waals surface area contributed by atoms with Crippen molar-refractivity contribution >= 4 is 39.4 Å². The SMILES string of the molecule is CSc1nc2sccc2nc1C(=O)NC1CC2CCC(C1)N2Cc1ccccc1. The van der Waals surface area contributed by atoms with Crippen LogP contribution in [0.4, 0.5) is 0 Å². The van der Waals surface area contributed by atoms with Crippen LogP contribution in [0.5, 0.6) is 0 Å². The van der Waals surface area contributed by atoms with Crippen LogP contribution in [0.25, 0.3) is 10.3 Å². The number of carbonyl (C=O) groups is 1. The topological polar surface area (TPSA) is 58.1 Å². The fourth-order valence-corrected chi connectivity index (χ4v) is 6.04. The van der Waals surface area contributed by atoms with Gasteiger partial charge in [-0.2, -0.15) is 0 Å². The van der Waals surface area contributed by atoms with E-state index in [-0.39, 0.29) is 11.9 Å². The van der Waals surface area contributed by atoms with Crippen LogP contribution in [0.2, 0.25) is 0 Å². The molecule has 29 heavy (non-hydrogen) atoms. The Morgan fingerprint density at radius 3 is 2.66 bits per heavy atom. The number of thioether (sulfide) groups is 1. The van der Waals surface area contributed by atoms with E-state index in [2.05, 4.69) is 50.5 Å². The van der Waals surface area contributed by atoms with E-state index in [1.807, 2.05) is 17.7 Å². The average molecular weight is 425 g/mol. The minimum atomic E-state index is -0.0872. The normalized spacial score (nSPS) is 24.1. The van der Waals surface area contributed by atoms with Crippen molar-refractivity contribution in [1.82, 2.24) is 20.2 Å². The van der Waals surface area contributed by atoms with E-state index < -0.39 is 0 Å². The summed E-state index contributed by atoms with van der Waals surface area (Å²) in [5.41, 5.74) is 2.63. The molecule has 2 bridgehead atoms. The number of hydrogen-bond donors (Lipinski definition) is 1. The first kappa shape index (κ1) is 19.0. The molecule has 4 heterocycles. The van der Waals surface area contributed by atoms with Crippen LogP contribution >= 0.6 is 23.1 Å². The zero-order valence-electron chi connectivity index (χ0n) is 16.4. The smallest absolute Gasteiger partial charge is 0.272 e. The van der Waals surface area contributed by atoms with Gasteiger partial charge in [-0.1, -0.05) is 30.3 Å². The predicted molar refractivity (Wildman–Crippen MR) is 118 cm³/mol. The second kappa shape index (κ2) is 8.05. The van der Waals surface area contributed by atoms with Gasteiger partial charge in [0.15, 0.2) is 5.69 Å². The van der Waals surface area contributed by atoms with Crippen molar-refractivity contribution in [3.8, 4) is 0 Å². The number of benzene rings is 1. The van der Waals surface area contributed by atoms with Gasteiger partial charge in [0.2, 0.25) is 0 Å². The van der Waals surface area contributed by atoms with Gasteiger partial charge in [-0.15, -0.1) is 23.1 Å². The molecule has 5 nitrogen and oxygen atoms in total. The third-order valence-electron chi connectivity index (χ3n) is 6.10. The van der Waals surface area contributed by atoms with E-state index in [1.165, 1.54) is 30.2 Å². The van der Waals surface area contributed by atoms with Gasteiger partial charge in [0.1, 0.15) is 15.4 Å². The average Bonchev–Trinajstić information content (AvgIpc) is 3.28. The van der Waals surface area contributed by atoms with Gasteiger partial charge in [-0.25, -0.2) is 9.97 Å². The van der Waals surface area contributed by atoms with Crippen molar-refractivity contribution in [2.24, 2.45) is 0 Å². The molecule has 150 valence electrons. The number of hydrogen-bond acceptors (Lipinski definition) is 6. The van der Waals surface area contributed by atoms with E-state index in [9.17, 15) is 4.79 Å². The predicted octanol–water partition coefficient (Wildman–Crippen LogP) is 4.34. The van der Waals surface area contributed by atoms with Gasteiger partial charge in [0.25, 0.3) is 5.91 Å². The van der Waals surface area contributed by atoms with E-state index in [0.29, 0.717) is 22.8 Å². The lowest BCUT2D eigenvalue weighted by Gasteiger charge is -2.39. The van der Waals surface area contributed by atoms with E-state index in [1.54, 1.807) is 11.3 Å². The van der Waals surface area contributed by atoms with Gasteiger partial charge in [-0.05, 0) is 48.9 Å². The fourth-order valence-electron chi connectivity index (χ4n) is 4.77. The molecule has 2 aliphatic heterocycles. The molecule has 5 rings (SSSR count). The summed E-state index contributed by atoms with van der Waals surface area (Å²) in [5, 5.41) is 5.95. The van der Waals surface area contributed by atoms with Gasteiger partial charge in [-0.3, -0.25) is 9.69 Å². The number of nitrogens with zero attached hydrogens (tertiary/aromatic N) is 3. The lowest BCUT2D eigenvalue weighted by Crippen LogP contribution is -2.50. The monoisotopic (exact) mass is 424 g/mol. The van der Waals surface area contributed by atoms with Crippen LogP contribution in [0.3, 0.4) is 0 Å². The van der Waals surface area contributed by atoms with Crippen molar-refractivity contribution in [2.75, 3.05) is 6.26 Å². The molecule has 2 saturated heterocycles. The molecule has 2 aromatic heterocycles. The number of fused-ring (bicyclic) bond motifs is 3. The summed E-state index contributed by atoms with van der Waals surface area (Å²) in [4.78, 5) is 25.8. The molecule has 0 radical (unpaired) electrons. The molecule has 0 saturated carbocycles. The van der Waals surface area contributed by atoms with Crippen LogP contribution in [-0.4, -0.2) is 45.2 Å². The van der Waals surface area contributed by atoms with Crippen molar-refractivity contribution < 1.29 is 4.79 Å². The van der Waals surface area contributed by atoms with Crippen LogP contribution in [0.15, 0.2) is 46.8 Å². The summed E-state index contributed by atoms with van der Waals surface area (Å²) >= 11 is 3.04. The van der Waals surface area contributed by atoms with Crippen molar-refractivity contribution in [2.45, 2.75) is 55.4 Å². The largest absolute Gasteiger partial charge is 0.348 e. The molecular weight excluding hydrogens is 400 g/mol. The standard InChI is InChI=1S/C22H24N4OS2/c1-28-22-19(24-18-9-10-29-21(18)25-22)20(27)23-15-11-16-7-8-17(12-15)26(16)13-14-5-3-2-4-6-14/h2-6,9-10,15-17H,7-8,11-13H2,1H3,(H,23,27). The Morgan fingerprint density at radius 1 is 1.17 bits per heavy atom. The maximum Gasteiger partial charge on any atom is 0.272 e. The molecule has 2 unspecified atom stereocenters. The van der Waals surface area contributed by atoms with Gasteiger partial charge in [0, 0.05) is 24.7 Å². The third-order valence-corrected chi connectivity index (χ3v) is 7.57.